The first-order valence-electron chi connectivity index (χ1n) is 3.76. The van der Waals surface area contributed by atoms with E-state index in [1.54, 1.807) is 0 Å². The molecule has 0 saturated carbocycles. The number of phenolic OH excluding ortho intramolecular Hbond substituents is 1. The van der Waals surface area contributed by atoms with Crippen molar-refractivity contribution in [2.45, 2.75) is 0 Å². The van der Waals surface area contributed by atoms with Gasteiger partial charge in [0.05, 0.1) is 16.7 Å². The van der Waals surface area contributed by atoms with E-state index in [1.165, 1.54) is 0 Å². The number of benzene rings is 1. The monoisotopic (exact) mass is 210 g/mol. The highest BCUT2D eigenvalue weighted by molar-refractivity contribution is 6.03. The lowest BCUT2D eigenvalue weighted by Crippen LogP contribution is -2.08. The van der Waals surface area contributed by atoms with Gasteiger partial charge in [-0.2, -0.15) is 0 Å². The molecular formula is C9H6O6. The molecule has 0 amide bonds. The molecule has 0 radical (unpaired) electrons. The Hall–Kier alpha value is -2.37. The molecule has 0 aliphatic rings. The standard InChI is InChI=1S/C9H6O6/c10-3-4-1-5(8(12)13)6(9(14)15)2-7(4)11/h1-3,11H,(H,12,13)(H,14,15). The second-order valence-corrected chi connectivity index (χ2v) is 2.68. The SMILES string of the molecule is O=Cc1cc(C(=O)O)c(C(=O)O)cc1O. The van der Waals surface area contributed by atoms with Crippen LogP contribution in [0.5, 0.6) is 5.75 Å². The maximum Gasteiger partial charge on any atom is 0.336 e. The minimum absolute atomic E-state index is 0.243. The molecule has 1 aromatic carbocycles. The third kappa shape index (κ3) is 1.93. The van der Waals surface area contributed by atoms with Gasteiger partial charge in [-0.3, -0.25) is 4.79 Å². The highest BCUT2D eigenvalue weighted by Crippen LogP contribution is 2.21. The molecular weight excluding hydrogens is 204 g/mol. The molecule has 15 heavy (non-hydrogen) atoms. The molecule has 0 aliphatic heterocycles. The van der Waals surface area contributed by atoms with Crippen LogP contribution in [0.15, 0.2) is 12.1 Å². The van der Waals surface area contributed by atoms with E-state index in [-0.39, 0.29) is 11.8 Å². The predicted octanol–water partition coefficient (Wildman–Crippen LogP) is 0.601. The Balaban J connectivity index is 3.52. The second kappa shape index (κ2) is 3.79. The lowest BCUT2D eigenvalue weighted by molar-refractivity contribution is 0.0651. The lowest BCUT2D eigenvalue weighted by Gasteiger charge is -2.04. The molecule has 0 aromatic heterocycles. The quantitative estimate of drug-likeness (QED) is 0.630. The summed E-state index contributed by atoms with van der Waals surface area (Å²) < 4.78 is 0. The van der Waals surface area contributed by atoms with Gasteiger partial charge < -0.3 is 15.3 Å². The summed E-state index contributed by atoms with van der Waals surface area (Å²) in [4.78, 5) is 31.6. The number of carboxylic acid groups (broad SMARTS) is 2. The molecule has 6 heteroatoms. The molecule has 0 bridgehead atoms. The molecule has 0 heterocycles. The van der Waals surface area contributed by atoms with Crippen LogP contribution in [0.1, 0.15) is 31.1 Å². The summed E-state index contributed by atoms with van der Waals surface area (Å²) in [5.41, 5.74) is -1.37. The van der Waals surface area contributed by atoms with Crippen LogP contribution in [0.2, 0.25) is 0 Å². The van der Waals surface area contributed by atoms with Gasteiger partial charge in [-0.15, -0.1) is 0 Å². The average Bonchev–Trinajstić information content (AvgIpc) is 2.16. The fourth-order valence-corrected chi connectivity index (χ4v) is 1.05. The first kappa shape index (κ1) is 10.7. The van der Waals surface area contributed by atoms with Gasteiger partial charge in [0.2, 0.25) is 0 Å². The maximum atomic E-state index is 10.6. The summed E-state index contributed by atoms with van der Waals surface area (Å²) in [6.07, 6.45) is 0.243. The summed E-state index contributed by atoms with van der Waals surface area (Å²) in [5.74, 6) is -3.52. The minimum atomic E-state index is -1.49. The molecule has 0 fully saturated rings. The number of rotatable bonds is 3. The number of phenols is 1. The van der Waals surface area contributed by atoms with Gasteiger partial charge in [-0.1, -0.05) is 0 Å². The van der Waals surface area contributed by atoms with E-state index in [0.717, 1.165) is 12.1 Å². The van der Waals surface area contributed by atoms with E-state index in [9.17, 15) is 14.4 Å². The van der Waals surface area contributed by atoms with Crippen molar-refractivity contribution < 1.29 is 29.7 Å². The molecule has 0 saturated heterocycles. The summed E-state index contributed by atoms with van der Waals surface area (Å²) >= 11 is 0. The van der Waals surface area contributed by atoms with Gasteiger partial charge in [0.15, 0.2) is 6.29 Å². The van der Waals surface area contributed by atoms with Crippen molar-refractivity contribution in [3.63, 3.8) is 0 Å². The van der Waals surface area contributed by atoms with Crippen molar-refractivity contribution in [2.75, 3.05) is 0 Å². The molecule has 0 atom stereocenters. The highest BCUT2D eigenvalue weighted by Gasteiger charge is 2.18. The average molecular weight is 210 g/mol. The fraction of sp³-hybridized carbons (Fsp3) is 0. The van der Waals surface area contributed by atoms with E-state index in [4.69, 9.17) is 15.3 Å². The number of carboxylic acids is 2. The number of aromatic carboxylic acids is 2. The fourth-order valence-electron chi connectivity index (χ4n) is 1.05. The Kier molecular flexibility index (Phi) is 2.70. The van der Waals surface area contributed by atoms with Crippen molar-refractivity contribution in [3.8, 4) is 5.75 Å². The van der Waals surface area contributed by atoms with Crippen molar-refractivity contribution in [2.24, 2.45) is 0 Å². The van der Waals surface area contributed by atoms with Gasteiger partial charge >= 0.3 is 11.9 Å². The molecule has 78 valence electrons. The summed E-state index contributed by atoms with van der Waals surface area (Å²) in [6.45, 7) is 0. The van der Waals surface area contributed by atoms with Crippen LogP contribution < -0.4 is 0 Å². The summed E-state index contributed by atoms with van der Waals surface area (Å²) in [7, 11) is 0. The second-order valence-electron chi connectivity index (χ2n) is 2.68. The first-order chi connectivity index (χ1) is 6.97. The number of aromatic hydroxyl groups is 1. The predicted molar refractivity (Wildman–Crippen MR) is 47.4 cm³/mol. The zero-order chi connectivity index (χ0) is 11.6. The van der Waals surface area contributed by atoms with Crippen LogP contribution >= 0.6 is 0 Å². The smallest absolute Gasteiger partial charge is 0.336 e. The summed E-state index contributed by atoms with van der Waals surface area (Å²) in [5, 5.41) is 26.5. The van der Waals surface area contributed by atoms with Crippen LogP contribution in [0.4, 0.5) is 0 Å². The van der Waals surface area contributed by atoms with Crippen LogP contribution in [0.25, 0.3) is 0 Å². The van der Waals surface area contributed by atoms with Crippen LogP contribution in [0.3, 0.4) is 0 Å². The van der Waals surface area contributed by atoms with Crippen LogP contribution in [0, 0.1) is 0 Å². The van der Waals surface area contributed by atoms with Gasteiger partial charge in [0.1, 0.15) is 5.75 Å². The Morgan fingerprint density at radius 2 is 1.53 bits per heavy atom. The van der Waals surface area contributed by atoms with E-state index in [1.807, 2.05) is 0 Å². The van der Waals surface area contributed by atoms with E-state index in [0.29, 0.717) is 0 Å². The van der Waals surface area contributed by atoms with Gasteiger partial charge in [-0.05, 0) is 12.1 Å². The first-order valence-corrected chi connectivity index (χ1v) is 3.76. The highest BCUT2D eigenvalue weighted by atomic mass is 16.4. The molecule has 3 N–H and O–H groups in total. The summed E-state index contributed by atoms with van der Waals surface area (Å²) in [6, 6.07) is 1.55. The van der Waals surface area contributed by atoms with E-state index < -0.39 is 28.8 Å². The zero-order valence-corrected chi connectivity index (χ0v) is 7.30. The Morgan fingerprint density at radius 1 is 1.07 bits per heavy atom. The number of hydrogen-bond acceptors (Lipinski definition) is 4. The lowest BCUT2D eigenvalue weighted by atomic mass is 10.0. The van der Waals surface area contributed by atoms with Crippen LogP contribution in [-0.4, -0.2) is 33.5 Å². The third-order valence-electron chi connectivity index (χ3n) is 1.75. The van der Waals surface area contributed by atoms with Crippen molar-refractivity contribution >= 4 is 18.2 Å². The van der Waals surface area contributed by atoms with Crippen molar-refractivity contribution in [3.05, 3.63) is 28.8 Å². The number of carbonyl (C=O) groups is 3. The molecule has 1 rings (SSSR count). The largest absolute Gasteiger partial charge is 0.507 e. The zero-order valence-electron chi connectivity index (χ0n) is 7.30. The Bertz CT molecular complexity index is 448. The Labute approximate surface area is 83.4 Å². The van der Waals surface area contributed by atoms with Gasteiger partial charge in [0, 0.05) is 0 Å². The topological polar surface area (TPSA) is 112 Å². The van der Waals surface area contributed by atoms with Crippen LogP contribution in [-0.2, 0) is 0 Å². The molecule has 0 unspecified atom stereocenters. The number of carbonyl (C=O) groups excluding carboxylic acids is 1. The molecule has 0 aliphatic carbocycles. The normalized spacial score (nSPS) is 9.60. The van der Waals surface area contributed by atoms with Gasteiger partial charge in [-0.25, -0.2) is 9.59 Å². The molecule has 0 spiro atoms. The van der Waals surface area contributed by atoms with Crippen molar-refractivity contribution in [1.29, 1.82) is 0 Å². The number of hydrogen-bond donors (Lipinski definition) is 3. The third-order valence-corrected chi connectivity index (χ3v) is 1.75. The maximum absolute atomic E-state index is 10.6. The molecule has 6 nitrogen and oxygen atoms in total. The minimum Gasteiger partial charge on any atom is -0.507 e. The van der Waals surface area contributed by atoms with E-state index in [2.05, 4.69) is 0 Å². The molecule has 1 aromatic rings. The Morgan fingerprint density at radius 3 is 1.93 bits per heavy atom. The van der Waals surface area contributed by atoms with Crippen molar-refractivity contribution in [1.82, 2.24) is 0 Å². The number of aldehydes is 1. The van der Waals surface area contributed by atoms with Gasteiger partial charge in [0.25, 0.3) is 0 Å². The van der Waals surface area contributed by atoms with E-state index >= 15 is 0 Å².